The molecule has 0 aliphatic rings. The molecule has 1 unspecified atom stereocenters. The van der Waals surface area contributed by atoms with Gasteiger partial charge in [0.15, 0.2) is 0 Å². The van der Waals surface area contributed by atoms with Crippen LogP contribution in [-0.2, 0) is 17.7 Å². The average Bonchev–Trinajstić information content (AvgIpc) is 3.11. The Morgan fingerprint density at radius 3 is 2.37 bits per heavy atom. The zero-order valence-corrected chi connectivity index (χ0v) is 17.4. The molecule has 1 heterocycles. The summed E-state index contributed by atoms with van der Waals surface area (Å²) in [6.45, 7) is 3.96. The topological polar surface area (TPSA) is 36.3 Å². The molecule has 154 valence electrons. The maximum atomic E-state index is 6.29. The first kappa shape index (κ1) is 20.2. The van der Waals surface area contributed by atoms with Crippen LogP contribution in [0.5, 0.6) is 5.75 Å². The molecule has 1 aromatic heterocycles. The van der Waals surface area contributed by atoms with Crippen molar-refractivity contribution in [3.05, 3.63) is 96.3 Å². The Hall–Kier alpha value is -3.11. The minimum absolute atomic E-state index is 0.0581. The van der Waals surface area contributed by atoms with Crippen molar-refractivity contribution in [2.45, 2.75) is 32.4 Å². The fourth-order valence-electron chi connectivity index (χ4n) is 3.66. The first-order valence-corrected chi connectivity index (χ1v) is 10.5. The van der Waals surface area contributed by atoms with Crippen LogP contribution in [0.4, 0.5) is 0 Å². The van der Waals surface area contributed by atoms with E-state index in [1.807, 2.05) is 43.3 Å². The second-order valence-electron chi connectivity index (χ2n) is 7.46. The number of imidazole rings is 1. The molecule has 0 amide bonds. The van der Waals surface area contributed by atoms with Crippen LogP contribution in [0.15, 0.2) is 84.9 Å². The summed E-state index contributed by atoms with van der Waals surface area (Å²) in [6, 6.07) is 28.7. The lowest BCUT2D eigenvalue weighted by atomic mass is 10.1. The van der Waals surface area contributed by atoms with Crippen LogP contribution in [0.2, 0.25) is 0 Å². The summed E-state index contributed by atoms with van der Waals surface area (Å²) in [5, 5.41) is 0. The van der Waals surface area contributed by atoms with Crippen molar-refractivity contribution in [2.24, 2.45) is 0 Å². The highest BCUT2D eigenvalue weighted by Gasteiger charge is 2.15. The predicted molar refractivity (Wildman–Crippen MR) is 121 cm³/mol. The Morgan fingerprint density at radius 2 is 1.57 bits per heavy atom. The van der Waals surface area contributed by atoms with E-state index in [2.05, 4.69) is 58.1 Å². The van der Waals surface area contributed by atoms with E-state index >= 15 is 0 Å². The quantitative estimate of drug-likeness (QED) is 0.333. The Labute approximate surface area is 178 Å². The van der Waals surface area contributed by atoms with Gasteiger partial charge in [-0.1, -0.05) is 60.7 Å². The van der Waals surface area contributed by atoms with E-state index in [9.17, 15) is 0 Å². The second kappa shape index (κ2) is 10.1. The highest BCUT2D eigenvalue weighted by atomic mass is 16.5. The number of hydrogen-bond donors (Lipinski definition) is 0. The van der Waals surface area contributed by atoms with Crippen LogP contribution in [0, 0.1) is 6.92 Å². The van der Waals surface area contributed by atoms with Crippen molar-refractivity contribution >= 4 is 11.0 Å². The third-order valence-corrected chi connectivity index (χ3v) is 5.22. The molecule has 4 heteroatoms. The number of para-hydroxylation sites is 3. The molecule has 0 bridgehead atoms. The van der Waals surface area contributed by atoms with Crippen molar-refractivity contribution < 1.29 is 9.47 Å². The number of hydrogen-bond acceptors (Lipinski definition) is 3. The number of fused-ring (bicyclic) bond motifs is 1. The molecule has 0 aliphatic heterocycles. The van der Waals surface area contributed by atoms with E-state index < -0.39 is 0 Å². The molecule has 30 heavy (non-hydrogen) atoms. The summed E-state index contributed by atoms with van der Waals surface area (Å²) in [5.74, 6) is 1.86. The summed E-state index contributed by atoms with van der Waals surface area (Å²) in [5.41, 5.74) is 3.49. The van der Waals surface area contributed by atoms with Gasteiger partial charge in [0.05, 0.1) is 17.6 Å². The molecule has 0 radical (unpaired) electrons. The van der Waals surface area contributed by atoms with Crippen LogP contribution < -0.4 is 4.74 Å². The van der Waals surface area contributed by atoms with Crippen LogP contribution in [0.3, 0.4) is 0 Å². The van der Waals surface area contributed by atoms with Gasteiger partial charge in [-0.05, 0) is 49.6 Å². The van der Waals surface area contributed by atoms with Crippen LogP contribution in [0.1, 0.15) is 17.8 Å². The Balaban J connectivity index is 1.41. The smallest absolute Gasteiger partial charge is 0.119 e. The fraction of sp³-hybridized carbons (Fsp3) is 0.269. The van der Waals surface area contributed by atoms with Crippen molar-refractivity contribution in [2.75, 3.05) is 13.2 Å². The van der Waals surface area contributed by atoms with E-state index in [1.165, 1.54) is 5.56 Å². The predicted octanol–water partition coefficient (Wildman–Crippen LogP) is 5.44. The first-order valence-electron chi connectivity index (χ1n) is 10.5. The van der Waals surface area contributed by atoms with Crippen molar-refractivity contribution in [3.63, 3.8) is 0 Å². The van der Waals surface area contributed by atoms with Crippen molar-refractivity contribution in [1.82, 2.24) is 9.55 Å². The number of nitrogens with zero attached hydrogens (tertiary/aromatic N) is 2. The lowest BCUT2D eigenvalue weighted by molar-refractivity contribution is 0.00924. The molecule has 0 saturated carbocycles. The van der Waals surface area contributed by atoms with Crippen LogP contribution >= 0.6 is 0 Å². The summed E-state index contributed by atoms with van der Waals surface area (Å²) in [7, 11) is 0. The molecule has 0 fully saturated rings. The fourth-order valence-corrected chi connectivity index (χ4v) is 3.66. The van der Waals surface area contributed by atoms with Gasteiger partial charge in [-0.3, -0.25) is 0 Å². The normalized spacial score (nSPS) is 12.2. The van der Waals surface area contributed by atoms with E-state index in [0.29, 0.717) is 19.8 Å². The number of aryl methyl sites for hydroxylation is 2. The van der Waals surface area contributed by atoms with Crippen molar-refractivity contribution in [3.8, 4) is 5.75 Å². The number of aromatic nitrogens is 2. The van der Waals surface area contributed by atoms with Crippen molar-refractivity contribution in [1.29, 1.82) is 0 Å². The van der Waals surface area contributed by atoms with Gasteiger partial charge in [-0.25, -0.2) is 4.98 Å². The van der Waals surface area contributed by atoms with Gasteiger partial charge in [-0.2, -0.15) is 0 Å². The third-order valence-electron chi connectivity index (χ3n) is 5.22. The third kappa shape index (κ3) is 5.28. The van der Waals surface area contributed by atoms with Gasteiger partial charge in [0.2, 0.25) is 0 Å². The minimum Gasteiger partial charge on any atom is -0.491 e. The van der Waals surface area contributed by atoms with Gasteiger partial charge < -0.3 is 14.0 Å². The molecule has 4 nitrogen and oxygen atoms in total. The molecular weight excluding hydrogens is 372 g/mol. The number of ether oxygens (including phenoxy) is 2. The van der Waals surface area contributed by atoms with E-state index in [-0.39, 0.29) is 6.10 Å². The lowest BCUT2D eigenvalue weighted by Gasteiger charge is -2.20. The molecule has 3 aromatic carbocycles. The van der Waals surface area contributed by atoms with Crippen LogP contribution in [0.25, 0.3) is 11.0 Å². The summed E-state index contributed by atoms with van der Waals surface area (Å²) in [6.07, 6.45) is 1.94. The maximum absolute atomic E-state index is 6.29. The Kier molecular flexibility index (Phi) is 6.78. The second-order valence-corrected chi connectivity index (χ2v) is 7.46. The van der Waals surface area contributed by atoms with E-state index in [1.54, 1.807) is 0 Å². The van der Waals surface area contributed by atoms with Gasteiger partial charge in [0.25, 0.3) is 0 Å². The van der Waals surface area contributed by atoms with Gasteiger partial charge in [-0.15, -0.1) is 0 Å². The highest BCUT2D eigenvalue weighted by Crippen LogP contribution is 2.18. The zero-order chi connectivity index (χ0) is 20.6. The minimum atomic E-state index is -0.0581. The standard InChI is InChI=1S/C26H28N2O2/c1-21-27-25-16-8-9-17-26(25)28(21)19-24(20-30-23-14-6-3-7-15-23)29-18-10-13-22-11-4-2-5-12-22/h2-9,11-12,14-17,24H,10,13,18-20H2,1H3. The monoisotopic (exact) mass is 400 g/mol. The van der Waals surface area contributed by atoms with Gasteiger partial charge >= 0.3 is 0 Å². The number of rotatable bonds is 10. The molecule has 0 N–H and O–H groups in total. The van der Waals surface area contributed by atoms with Gasteiger partial charge in [0, 0.05) is 6.61 Å². The SMILES string of the molecule is Cc1nc2ccccc2n1CC(COc1ccccc1)OCCCc1ccccc1. The van der Waals surface area contributed by atoms with E-state index in [4.69, 9.17) is 9.47 Å². The maximum Gasteiger partial charge on any atom is 0.119 e. The summed E-state index contributed by atoms with van der Waals surface area (Å²) < 4.78 is 14.5. The lowest BCUT2D eigenvalue weighted by Crippen LogP contribution is -2.28. The Bertz CT molecular complexity index is 1040. The molecule has 4 aromatic rings. The van der Waals surface area contributed by atoms with Crippen LogP contribution in [-0.4, -0.2) is 28.9 Å². The largest absolute Gasteiger partial charge is 0.491 e. The molecule has 1 atom stereocenters. The molecule has 0 spiro atoms. The average molecular weight is 401 g/mol. The summed E-state index contributed by atoms with van der Waals surface area (Å²) >= 11 is 0. The number of benzene rings is 3. The van der Waals surface area contributed by atoms with Gasteiger partial charge in [0.1, 0.15) is 24.3 Å². The first-order chi connectivity index (χ1) is 14.8. The summed E-state index contributed by atoms with van der Waals surface area (Å²) in [4.78, 5) is 4.69. The Morgan fingerprint density at radius 1 is 0.867 bits per heavy atom. The molecule has 0 aliphatic carbocycles. The molecule has 4 rings (SSSR count). The van der Waals surface area contributed by atoms with E-state index in [0.717, 1.165) is 35.4 Å². The molecular formula is C26H28N2O2. The molecule has 0 saturated heterocycles. The zero-order valence-electron chi connectivity index (χ0n) is 17.4. The highest BCUT2D eigenvalue weighted by molar-refractivity contribution is 5.75.